The highest BCUT2D eigenvalue weighted by Crippen LogP contribution is 2.34. The molecular weight excluding hydrogens is 226 g/mol. The molecule has 0 aliphatic carbocycles. The van der Waals surface area contributed by atoms with E-state index in [9.17, 15) is 4.79 Å². The number of carbonyl (C=O) groups is 1. The van der Waals surface area contributed by atoms with Crippen LogP contribution in [-0.4, -0.2) is 33.1 Å². The van der Waals surface area contributed by atoms with E-state index < -0.39 is 12.0 Å². The molecule has 2 unspecified atom stereocenters. The second-order valence-corrected chi connectivity index (χ2v) is 5.16. The highest BCUT2D eigenvalue weighted by atomic mass is 32.2. The van der Waals surface area contributed by atoms with Crippen molar-refractivity contribution in [2.24, 2.45) is 0 Å². The van der Waals surface area contributed by atoms with Crippen LogP contribution in [0.1, 0.15) is 28.7 Å². The van der Waals surface area contributed by atoms with Gasteiger partial charge < -0.3 is 5.11 Å². The molecule has 0 aromatic carbocycles. The van der Waals surface area contributed by atoms with Crippen LogP contribution in [0.3, 0.4) is 0 Å². The van der Waals surface area contributed by atoms with Gasteiger partial charge >= 0.3 is 5.97 Å². The van der Waals surface area contributed by atoms with Crippen molar-refractivity contribution in [2.45, 2.75) is 31.7 Å². The van der Waals surface area contributed by atoms with E-state index in [0.29, 0.717) is 6.42 Å². The summed E-state index contributed by atoms with van der Waals surface area (Å²) in [6.45, 7) is 3.90. The zero-order valence-electron chi connectivity index (χ0n) is 9.28. The lowest BCUT2D eigenvalue weighted by Gasteiger charge is -2.28. The first kappa shape index (κ1) is 11.5. The average molecular weight is 241 g/mol. The number of carboxylic acid groups (broad SMARTS) is 1. The average Bonchev–Trinajstić information content (AvgIpc) is 2.59. The molecule has 1 aromatic rings. The Morgan fingerprint density at radius 1 is 1.56 bits per heavy atom. The minimum absolute atomic E-state index is 0.0357. The summed E-state index contributed by atoms with van der Waals surface area (Å²) in [5, 5.41) is 19.2. The number of aromatic amines is 1. The summed E-state index contributed by atoms with van der Waals surface area (Å²) in [6, 6.07) is -0.444. The number of carboxylic acids is 1. The molecular formula is C10H15N3O2S. The van der Waals surface area contributed by atoms with Gasteiger partial charge in [0.1, 0.15) is 6.04 Å². The fourth-order valence-electron chi connectivity index (χ4n) is 1.93. The lowest BCUT2D eigenvalue weighted by atomic mass is 10.1. The van der Waals surface area contributed by atoms with E-state index in [1.165, 1.54) is 0 Å². The quantitative estimate of drug-likeness (QED) is 0.725. The third-order valence-corrected chi connectivity index (χ3v) is 3.97. The first-order chi connectivity index (χ1) is 7.59. The minimum atomic E-state index is -0.774. The van der Waals surface area contributed by atoms with Crippen LogP contribution in [0.5, 0.6) is 0 Å². The molecule has 2 rings (SSSR count). The Bertz CT molecular complexity index is 385. The van der Waals surface area contributed by atoms with E-state index in [-0.39, 0.29) is 5.37 Å². The van der Waals surface area contributed by atoms with E-state index in [0.717, 1.165) is 22.7 Å². The van der Waals surface area contributed by atoms with E-state index in [1.807, 2.05) is 13.8 Å². The van der Waals surface area contributed by atoms with Crippen molar-refractivity contribution in [3.8, 4) is 0 Å². The maximum atomic E-state index is 10.9. The molecule has 3 N–H and O–H groups in total. The van der Waals surface area contributed by atoms with Gasteiger partial charge in [0.25, 0.3) is 0 Å². The molecule has 2 atom stereocenters. The number of aliphatic carboxylic acids is 1. The molecule has 0 amide bonds. The summed E-state index contributed by atoms with van der Waals surface area (Å²) in [5.74, 6) is 0.0858. The zero-order valence-corrected chi connectivity index (χ0v) is 10.1. The molecule has 1 aromatic heterocycles. The van der Waals surface area contributed by atoms with E-state index in [2.05, 4.69) is 15.5 Å². The summed E-state index contributed by atoms with van der Waals surface area (Å²) in [4.78, 5) is 10.9. The molecule has 0 saturated carbocycles. The molecule has 1 saturated heterocycles. The van der Waals surface area contributed by atoms with Crippen molar-refractivity contribution in [3.05, 3.63) is 17.0 Å². The Morgan fingerprint density at radius 2 is 2.31 bits per heavy atom. The second kappa shape index (κ2) is 4.47. The normalized spacial score (nSPS) is 25.6. The number of nitrogens with one attached hydrogen (secondary N) is 2. The van der Waals surface area contributed by atoms with E-state index >= 15 is 0 Å². The van der Waals surface area contributed by atoms with Crippen molar-refractivity contribution < 1.29 is 9.90 Å². The summed E-state index contributed by atoms with van der Waals surface area (Å²) in [7, 11) is 0. The van der Waals surface area contributed by atoms with E-state index in [1.54, 1.807) is 11.8 Å². The van der Waals surface area contributed by atoms with Crippen LogP contribution in [0, 0.1) is 13.8 Å². The molecule has 5 nitrogen and oxygen atoms in total. The molecule has 0 radical (unpaired) electrons. The minimum Gasteiger partial charge on any atom is -0.480 e. The third-order valence-electron chi connectivity index (χ3n) is 2.79. The lowest BCUT2D eigenvalue weighted by Crippen LogP contribution is -2.42. The first-order valence-electron chi connectivity index (χ1n) is 5.21. The van der Waals surface area contributed by atoms with Gasteiger partial charge in [0, 0.05) is 11.3 Å². The van der Waals surface area contributed by atoms with Crippen LogP contribution in [0.4, 0.5) is 0 Å². The summed E-state index contributed by atoms with van der Waals surface area (Å²) in [6.07, 6.45) is 0.673. The first-order valence-corrected chi connectivity index (χ1v) is 6.26. The topological polar surface area (TPSA) is 78.0 Å². The zero-order chi connectivity index (χ0) is 11.7. The van der Waals surface area contributed by atoms with Crippen molar-refractivity contribution in [1.29, 1.82) is 0 Å². The highest BCUT2D eigenvalue weighted by molar-refractivity contribution is 7.99. The standard InChI is InChI=1S/C10H15N3O2S/c1-5-8(6(2)13-12-5)9-11-7(10(14)15)3-4-16-9/h7,9,11H,3-4H2,1-2H3,(H,12,13)(H,14,15). The molecule has 2 heterocycles. The van der Waals surface area contributed by atoms with E-state index in [4.69, 9.17) is 5.11 Å². The summed E-state index contributed by atoms with van der Waals surface area (Å²) >= 11 is 1.74. The van der Waals surface area contributed by atoms with Gasteiger partial charge in [-0.05, 0) is 26.0 Å². The van der Waals surface area contributed by atoms with Gasteiger partial charge in [-0.3, -0.25) is 15.2 Å². The molecule has 1 aliphatic heterocycles. The van der Waals surface area contributed by atoms with Crippen LogP contribution in [0.25, 0.3) is 0 Å². The predicted octanol–water partition coefficient (Wildman–Crippen LogP) is 1.20. The van der Waals surface area contributed by atoms with Gasteiger partial charge in [0.2, 0.25) is 0 Å². The Labute approximate surface area is 98.0 Å². The van der Waals surface area contributed by atoms with Crippen LogP contribution >= 0.6 is 11.8 Å². The molecule has 0 spiro atoms. The molecule has 88 valence electrons. The molecule has 0 bridgehead atoms. The summed E-state index contributed by atoms with van der Waals surface area (Å²) < 4.78 is 0. The number of rotatable bonds is 2. The number of aryl methyl sites for hydroxylation is 2. The second-order valence-electron chi connectivity index (χ2n) is 3.94. The molecule has 1 aliphatic rings. The number of nitrogens with zero attached hydrogens (tertiary/aromatic N) is 1. The third kappa shape index (κ3) is 2.08. The number of aromatic nitrogens is 2. The SMILES string of the molecule is Cc1n[nH]c(C)c1C1NC(C(=O)O)CCS1. The molecule has 1 fully saturated rings. The van der Waals surface area contributed by atoms with Crippen molar-refractivity contribution in [2.75, 3.05) is 5.75 Å². The predicted molar refractivity (Wildman–Crippen MR) is 62.4 cm³/mol. The maximum Gasteiger partial charge on any atom is 0.320 e. The van der Waals surface area contributed by atoms with Crippen LogP contribution in [0.2, 0.25) is 0 Å². The number of thioether (sulfide) groups is 1. The molecule has 16 heavy (non-hydrogen) atoms. The van der Waals surface area contributed by atoms with Gasteiger partial charge in [-0.1, -0.05) is 0 Å². The number of H-pyrrole nitrogens is 1. The Hall–Kier alpha value is -1.01. The van der Waals surface area contributed by atoms with Gasteiger partial charge in [0.15, 0.2) is 0 Å². The maximum absolute atomic E-state index is 10.9. The fraction of sp³-hybridized carbons (Fsp3) is 0.600. The number of hydrogen-bond donors (Lipinski definition) is 3. The molecule has 6 heteroatoms. The Kier molecular flexibility index (Phi) is 3.20. The van der Waals surface area contributed by atoms with Gasteiger partial charge in [-0.25, -0.2) is 0 Å². The van der Waals surface area contributed by atoms with Crippen molar-refractivity contribution in [3.63, 3.8) is 0 Å². The Balaban J connectivity index is 2.19. The van der Waals surface area contributed by atoms with Crippen LogP contribution < -0.4 is 5.32 Å². The highest BCUT2D eigenvalue weighted by Gasteiger charge is 2.29. The lowest BCUT2D eigenvalue weighted by molar-refractivity contribution is -0.139. The van der Waals surface area contributed by atoms with Gasteiger partial charge in [0.05, 0.1) is 11.1 Å². The van der Waals surface area contributed by atoms with Gasteiger partial charge in [-0.15, -0.1) is 11.8 Å². The monoisotopic (exact) mass is 241 g/mol. The number of hydrogen-bond acceptors (Lipinski definition) is 4. The van der Waals surface area contributed by atoms with Crippen LogP contribution in [-0.2, 0) is 4.79 Å². The largest absolute Gasteiger partial charge is 0.480 e. The van der Waals surface area contributed by atoms with Crippen molar-refractivity contribution in [1.82, 2.24) is 15.5 Å². The van der Waals surface area contributed by atoms with Crippen molar-refractivity contribution >= 4 is 17.7 Å². The van der Waals surface area contributed by atoms with Gasteiger partial charge in [-0.2, -0.15) is 5.10 Å². The van der Waals surface area contributed by atoms with Crippen LogP contribution in [0.15, 0.2) is 0 Å². The Morgan fingerprint density at radius 3 is 2.88 bits per heavy atom. The summed E-state index contributed by atoms with van der Waals surface area (Å²) in [5.41, 5.74) is 3.04. The smallest absolute Gasteiger partial charge is 0.320 e. The fourth-order valence-corrected chi connectivity index (χ4v) is 3.31.